The molecule has 1 N–H and O–H groups in total. The zero-order valence-corrected chi connectivity index (χ0v) is 13.0. The van der Waals surface area contributed by atoms with E-state index in [0.717, 1.165) is 23.0 Å². The molecule has 0 aromatic heterocycles. The summed E-state index contributed by atoms with van der Waals surface area (Å²) in [6.07, 6.45) is 0.991. The average molecular weight is 329 g/mol. The van der Waals surface area contributed by atoms with Gasteiger partial charge in [-0.2, -0.15) is 5.26 Å². The van der Waals surface area contributed by atoms with Gasteiger partial charge in [-0.1, -0.05) is 40.2 Å². The molecular formula is C17H17BrN2. The maximum absolute atomic E-state index is 8.88. The van der Waals surface area contributed by atoms with Crippen LogP contribution in [-0.2, 0) is 13.0 Å². The number of nitrogens with zero attached hydrogens (tertiary/aromatic N) is 1. The smallest absolute Gasteiger partial charge is 0.0991 e. The van der Waals surface area contributed by atoms with Gasteiger partial charge in [-0.25, -0.2) is 0 Å². The molecule has 0 aliphatic carbocycles. The van der Waals surface area contributed by atoms with Crippen LogP contribution in [0.25, 0.3) is 0 Å². The number of hydrogen-bond acceptors (Lipinski definition) is 2. The number of nitriles is 1. The molecule has 0 bridgehead atoms. The van der Waals surface area contributed by atoms with Crippen LogP contribution < -0.4 is 5.32 Å². The number of nitrogens with one attached hydrogen (secondary N) is 1. The van der Waals surface area contributed by atoms with Gasteiger partial charge in [0.1, 0.15) is 0 Å². The highest BCUT2D eigenvalue weighted by molar-refractivity contribution is 9.10. The van der Waals surface area contributed by atoms with Crippen molar-refractivity contribution in [3.8, 4) is 6.07 Å². The van der Waals surface area contributed by atoms with Crippen molar-refractivity contribution in [1.29, 1.82) is 5.26 Å². The molecule has 0 spiro atoms. The highest BCUT2D eigenvalue weighted by Gasteiger charge is 2.04. The molecule has 0 saturated heterocycles. The van der Waals surface area contributed by atoms with Gasteiger partial charge in [0.25, 0.3) is 0 Å². The van der Waals surface area contributed by atoms with Gasteiger partial charge in [-0.05, 0) is 48.7 Å². The highest BCUT2D eigenvalue weighted by atomic mass is 79.9. The second-order valence-corrected chi connectivity index (χ2v) is 5.84. The van der Waals surface area contributed by atoms with E-state index in [-0.39, 0.29) is 0 Å². The quantitative estimate of drug-likeness (QED) is 0.899. The lowest BCUT2D eigenvalue weighted by Crippen LogP contribution is -2.27. The van der Waals surface area contributed by atoms with E-state index < -0.39 is 0 Å². The number of hydrogen-bond donors (Lipinski definition) is 1. The Hall–Kier alpha value is -1.63. The van der Waals surface area contributed by atoms with Crippen LogP contribution in [-0.4, -0.2) is 6.04 Å². The Bertz CT molecular complexity index is 599. The molecule has 0 saturated carbocycles. The van der Waals surface area contributed by atoms with E-state index >= 15 is 0 Å². The van der Waals surface area contributed by atoms with Gasteiger partial charge in [0.05, 0.1) is 11.6 Å². The predicted octanol–water partition coefficient (Wildman–Crippen LogP) is 4.04. The summed E-state index contributed by atoms with van der Waals surface area (Å²) in [5, 5.41) is 12.4. The molecule has 0 aliphatic rings. The lowest BCUT2D eigenvalue weighted by Gasteiger charge is -2.14. The maximum atomic E-state index is 8.88. The highest BCUT2D eigenvalue weighted by Crippen LogP contribution is 2.12. The van der Waals surface area contributed by atoms with Gasteiger partial charge in [0.15, 0.2) is 0 Å². The maximum Gasteiger partial charge on any atom is 0.0991 e. The van der Waals surface area contributed by atoms with E-state index in [4.69, 9.17) is 5.26 Å². The molecular weight excluding hydrogens is 312 g/mol. The fourth-order valence-electron chi connectivity index (χ4n) is 2.09. The summed E-state index contributed by atoms with van der Waals surface area (Å²) < 4.78 is 1.11. The standard InChI is InChI=1S/C17H17BrN2/c1-13(9-14-5-7-17(18)8-6-14)20-12-16-4-2-3-15(10-16)11-19/h2-8,10,13,20H,9,12H2,1H3. The van der Waals surface area contributed by atoms with Crippen LogP contribution in [0.15, 0.2) is 53.0 Å². The van der Waals surface area contributed by atoms with E-state index in [9.17, 15) is 0 Å². The fraction of sp³-hybridized carbons (Fsp3) is 0.235. The zero-order chi connectivity index (χ0) is 14.4. The monoisotopic (exact) mass is 328 g/mol. The third kappa shape index (κ3) is 4.48. The number of halogens is 1. The summed E-state index contributed by atoms with van der Waals surface area (Å²) in [4.78, 5) is 0. The van der Waals surface area contributed by atoms with Gasteiger partial charge < -0.3 is 5.32 Å². The first kappa shape index (κ1) is 14.8. The van der Waals surface area contributed by atoms with Crippen LogP contribution in [0.1, 0.15) is 23.6 Å². The molecule has 2 aromatic rings. The molecule has 1 atom stereocenters. The first-order valence-electron chi connectivity index (χ1n) is 6.64. The van der Waals surface area contributed by atoms with Crippen molar-refractivity contribution >= 4 is 15.9 Å². The van der Waals surface area contributed by atoms with E-state index in [1.807, 2.05) is 24.3 Å². The average Bonchev–Trinajstić information content (AvgIpc) is 2.48. The molecule has 102 valence electrons. The molecule has 2 nitrogen and oxygen atoms in total. The van der Waals surface area contributed by atoms with Crippen LogP contribution in [0, 0.1) is 11.3 Å². The Morgan fingerprint density at radius 2 is 1.90 bits per heavy atom. The van der Waals surface area contributed by atoms with E-state index in [0.29, 0.717) is 11.6 Å². The van der Waals surface area contributed by atoms with Crippen LogP contribution in [0.2, 0.25) is 0 Å². The summed E-state index contributed by atoms with van der Waals surface area (Å²) in [6.45, 7) is 2.96. The molecule has 0 fully saturated rings. The van der Waals surface area contributed by atoms with Gasteiger partial charge in [0, 0.05) is 17.1 Å². The van der Waals surface area contributed by atoms with Gasteiger partial charge >= 0.3 is 0 Å². The SMILES string of the molecule is CC(Cc1ccc(Br)cc1)NCc1cccc(C#N)c1. The van der Waals surface area contributed by atoms with Crippen LogP contribution in [0.5, 0.6) is 0 Å². The Labute approximate surface area is 128 Å². The molecule has 0 heterocycles. The summed E-state index contributed by atoms with van der Waals surface area (Å²) in [5.74, 6) is 0. The van der Waals surface area contributed by atoms with Gasteiger partial charge in [0.2, 0.25) is 0 Å². The minimum Gasteiger partial charge on any atom is -0.310 e. The summed E-state index contributed by atoms with van der Waals surface area (Å²) >= 11 is 3.44. The van der Waals surface area contributed by atoms with E-state index in [1.54, 1.807) is 0 Å². The second kappa shape index (κ2) is 7.23. The van der Waals surface area contributed by atoms with Crippen molar-refractivity contribution in [2.24, 2.45) is 0 Å². The number of benzene rings is 2. The van der Waals surface area contributed by atoms with Crippen molar-refractivity contribution in [3.05, 3.63) is 69.7 Å². The normalized spacial score (nSPS) is 11.8. The minimum atomic E-state index is 0.391. The first-order chi connectivity index (χ1) is 9.67. The topological polar surface area (TPSA) is 35.8 Å². The van der Waals surface area contributed by atoms with E-state index in [1.165, 1.54) is 5.56 Å². The summed E-state index contributed by atoms with van der Waals surface area (Å²) in [7, 11) is 0. The molecule has 0 aliphatic heterocycles. The zero-order valence-electron chi connectivity index (χ0n) is 11.4. The Kier molecular flexibility index (Phi) is 5.34. The molecule has 0 radical (unpaired) electrons. The predicted molar refractivity (Wildman–Crippen MR) is 85.3 cm³/mol. The van der Waals surface area contributed by atoms with Gasteiger partial charge in [-0.15, -0.1) is 0 Å². The lowest BCUT2D eigenvalue weighted by atomic mass is 10.1. The summed E-state index contributed by atoms with van der Waals surface area (Å²) in [5.41, 5.74) is 3.18. The molecule has 1 unspecified atom stereocenters. The second-order valence-electron chi connectivity index (χ2n) is 4.92. The Morgan fingerprint density at radius 3 is 2.60 bits per heavy atom. The molecule has 3 heteroatoms. The van der Waals surface area contributed by atoms with E-state index in [2.05, 4.69) is 58.5 Å². The third-order valence-electron chi connectivity index (χ3n) is 3.17. The fourth-order valence-corrected chi connectivity index (χ4v) is 2.35. The first-order valence-corrected chi connectivity index (χ1v) is 7.43. The van der Waals surface area contributed by atoms with Crippen LogP contribution in [0.4, 0.5) is 0 Å². The molecule has 0 amide bonds. The van der Waals surface area contributed by atoms with Crippen molar-refractivity contribution in [2.45, 2.75) is 25.9 Å². The van der Waals surface area contributed by atoms with Crippen molar-refractivity contribution in [1.82, 2.24) is 5.32 Å². The largest absolute Gasteiger partial charge is 0.310 e. The van der Waals surface area contributed by atoms with Crippen molar-refractivity contribution < 1.29 is 0 Å². The minimum absolute atomic E-state index is 0.391. The molecule has 2 rings (SSSR count). The molecule has 20 heavy (non-hydrogen) atoms. The third-order valence-corrected chi connectivity index (χ3v) is 3.69. The van der Waals surface area contributed by atoms with Gasteiger partial charge in [-0.3, -0.25) is 0 Å². The van der Waals surface area contributed by atoms with Crippen molar-refractivity contribution in [2.75, 3.05) is 0 Å². The number of rotatable bonds is 5. The Morgan fingerprint density at radius 1 is 1.15 bits per heavy atom. The summed E-state index contributed by atoms with van der Waals surface area (Å²) in [6, 6.07) is 18.7. The molecule has 2 aromatic carbocycles. The van der Waals surface area contributed by atoms with Crippen molar-refractivity contribution in [3.63, 3.8) is 0 Å². The lowest BCUT2D eigenvalue weighted by molar-refractivity contribution is 0.545. The van der Waals surface area contributed by atoms with Crippen LogP contribution >= 0.6 is 15.9 Å². The Balaban J connectivity index is 1.87. The van der Waals surface area contributed by atoms with Crippen LogP contribution in [0.3, 0.4) is 0 Å².